The van der Waals surface area contributed by atoms with E-state index in [-0.39, 0.29) is 24.3 Å². The molecule has 0 radical (unpaired) electrons. The van der Waals surface area contributed by atoms with Crippen molar-refractivity contribution in [3.8, 4) is 16.9 Å². The van der Waals surface area contributed by atoms with Gasteiger partial charge in [-0.15, -0.1) is 11.3 Å². The maximum atomic E-state index is 12.1. The molecule has 5 nitrogen and oxygen atoms in total. The van der Waals surface area contributed by atoms with Gasteiger partial charge in [0.15, 0.2) is 0 Å². The molecule has 0 aliphatic rings. The predicted octanol–water partition coefficient (Wildman–Crippen LogP) is 7.02. The summed E-state index contributed by atoms with van der Waals surface area (Å²) in [5.41, 5.74) is 5.15. The van der Waals surface area contributed by atoms with Crippen molar-refractivity contribution in [3.63, 3.8) is 0 Å². The van der Waals surface area contributed by atoms with Crippen molar-refractivity contribution in [2.24, 2.45) is 0 Å². The maximum absolute atomic E-state index is 12.1. The number of benzene rings is 2. The summed E-state index contributed by atoms with van der Waals surface area (Å²) in [6, 6.07) is 18.9. The quantitative estimate of drug-likeness (QED) is 0.258. The number of unbranched alkanes of at least 4 members (excludes halogenated alkanes) is 2. The molecule has 1 amide bonds. The minimum Gasteiger partial charge on any atom is -0.494 e. The molecule has 192 valence electrons. The second-order valence-corrected chi connectivity index (χ2v) is 11.3. The molecular weight excluding hydrogens is 470 g/mol. The number of hydrogen-bond acceptors (Lipinski definition) is 4. The molecule has 0 unspecified atom stereocenters. The van der Waals surface area contributed by atoms with E-state index in [0.29, 0.717) is 11.5 Å². The number of carbonyl (C=O) groups is 2. The van der Waals surface area contributed by atoms with Gasteiger partial charge in [-0.2, -0.15) is 0 Å². The van der Waals surface area contributed by atoms with Crippen molar-refractivity contribution in [2.75, 3.05) is 13.2 Å². The van der Waals surface area contributed by atoms with Gasteiger partial charge in [-0.25, -0.2) is 0 Å². The topological polar surface area (TPSA) is 75.6 Å². The second kappa shape index (κ2) is 12.7. The molecule has 2 N–H and O–H groups in total. The highest BCUT2D eigenvalue weighted by atomic mass is 32.1. The summed E-state index contributed by atoms with van der Waals surface area (Å²) < 4.78 is 5.99. The van der Waals surface area contributed by atoms with Gasteiger partial charge in [0.2, 0.25) is 0 Å². The Labute approximate surface area is 218 Å². The molecule has 0 aliphatic carbocycles. The molecule has 36 heavy (non-hydrogen) atoms. The van der Waals surface area contributed by atoms with Crippen LogP contribution in [0.5, 0.6) is 5.75 Å². The molecule has 3 aromatic rings. The number of nitrogens with one attached hydrogen (secondary N) is 1. The summed E-state index contributed by atoms with van der Waals surface area (Å²) in [6.45, 7) is 9.64. The molecule has 3 rings (SSSR count). The largest absolute Gasteiger partial charge is 0.494 e. The van der Waals surface area contributed by atoms with Gasteiger partial charge < -0.3 is 15.2 Å². The van der Waals surface area contributed by atoms with Crippen molar-refractivity contribution in [2.45, 2.75) is 65.2 Å². The van der Waals surface area contributed by atoms with E-state index < -0.39 is 5.97 Å². The Morgan fingerprint density at radius 1 is 0.972 bits per heavy atom. The Bertz CT molecular complexity index is 1160. The summed E-state index contributed by atoms with van der Waals surface area (Å²) in [6.07, 6.45) is 3.92. The van der Waals surface area contributed by atoms with E-state index in [4.69, 9.17) is 9.84 Å². The number of thiophene rings is 1. The van der Waals surface area contributed by atoms with Crippen molar-refractivity contribution >= 4 is 23.2 Å². The van der Waals surface area contributed by atoms with E-state index >= 15 is 0 Å². The van der Waals surface area contributed by atoms with Gasteiger partial charge in [0.1, 0.15) is 5.75 Å². The Kier molecular flexibility index (Phi) is 9.71. The number of ether oxygens (including phenoxy) is 1. The van der Waals surface area contributed by atoms with E-state index in [1.165, 1.54) is 38.5 Å². The van der Waals surface area contributed by atoms with Gasteiger partial charge >= 0.3 is 5.97 Å². The fourth-order valence-corrected chi connectivity index (χ4v) is 4.94. The Morgan fingerprint density at radius 2 is 1.72 bits per heavy atom. The molecule has 0 bridgehead atoms. The standard InChI is InChI=1S/C30H37NO4S/c1-21-20-24(13-15-26(21)22-9-11-23(12-10-22)30(2,3)4)35-19-7-5-6-8-25-14-16-27(36-25)29(34)31-18-17-28(32)33/h9-16,20H,5-8,17-19H2,1-4H3,(H,31,34)(H,32,33). The minimum atomic E-state index is -0.916. The first kappa shape index (κ1) is 27.5. The van der Waals surface area contributed by atoms with Crippen molar-refractivity contribution in [1.82, 2.24) is 5.32 Å². The number of aryl methyl sites for hydroxylation is 2. The number of carboxylic acid groups (broad SMARTS) is 1. The van der Waals surface area contributed by atoms with E-state index in [0.717, 1.165) is 31.4 Å². The molecule has 1 heterocycles. The highest BCUT2D eigenvalue weighted by Gasteiger charge is 2.14. The average Bonchev–Trinajstić information content (AvgIpc) is 3.30. The van der Waals surface area contributed by atoms with Crippen LogP contribution >= 0.6 is 11.3 Å². The number of rotatable bonds is 12. The van der Waals surface area contributed by atoms with Crippen LogP contribution < -0.4 is 10.1 Å². The number of carboxylic acids is 1. The average molecular weight is 508 g/mol. The Morgan fingerprint density at radius 3 is 2.39 bits per heavy atom. The first-order valence-corrected chi connectivity index (χ1v) is 13.4. The summed E-state index contributed by atoms with van der Waals surface area (Å²) in [5.74, 6) is -0.219. The third kappa shape index (κ3) is 8.23. The van der Waals surface area contributed by atoms with Crippen LogP contribution in [0.15, 0.2) is 54.6 Å². The molecule has 0 saturated carbocycles. The lowest BCUT2D eigenvalue weighted by Gasteiger charge is -2.19. The van der Waals surface area contributed by atoms with Crippen LogP contribution in [0, 0.1) is 6.92 Å². The van der Waals surface area contributed by atoms with Gasteiger partial charge in [-0.05, 0) is 84.5 Å². The molecule has 0 aliphatic heterocycles. The van der Waals surface area contributed by atoms with E-state index in [2.05, 4.69) is 75.5 Å². The number of amides is 1. The van der Waals surface area contributed by atoms with Crippen LogP contribution in [0.25, 0.3) is 11.1 Å². The molecule has 0 saturated heterocycles. The van der Waals surface area contributed by atoms with E-state index in [1.54, 1.807) is 0 Å². The van der Waals surface area contributed by atoms with Gasteiger partial charge in [0, 0.05) is 11.4 Å². The lowest BCUT2D eigenvalue weighted by atomic mass is 9.86. The molecule has 0 atom stereocenters. The summed E-state index contributed by atoms with van der Waals surface area (Å²) >= 11 is 1.47. The van der Waals surface area contributed by atoms with Crippen LogP contribution in [0.1, 0.15) is 72.1 Å². The van der Waals surface area contributed by atoms with Crippen LogP contribution in [0.3, 0.4) is 0 Å². The van der Waals surface area contributed by atoms with Crippen LogP contribution in [-0.4, -0.2) is 30.1 Å². The zero-order valence-electron chi connectivity index (χ0n) is 21.7. The molecule has 0 fully saturated rings. The zero-order chi connectivity index (χ0) is 26.1. The van der Waals surface area contributed by atoms with Crippen LogP contribution in [-0.2, 0) is 16.6 Å². The normalized spacial score (nSPS) is 11.3. The molecule has 6 heteroatoms. The summed E-state index contributed by atoms with van der Waals surface area (Å²) in [7, 11) is 0. The number of hydrogen-bond donors (Lipinski definition) is 2. The van der Waals surface area contributed by atoms with Gasteiger partial charge in [-0.3, -0.25) is 9.59 Å². The van der Waals surface area contributed by atoms with Crippen molar-refractivity contribution < 1.29 is 19.4 Å². The fraction of sp³-hybridized carbons (Fsp3) is 0.400. The van der Waals surface area contributed by atoms with Crippen LogP contribution in [0.4, 0.5) is 0 Å². The summed E-state index contributed by atoms with van der Waals surface area (Å²) in [4.78, 5) is 24.4. The first-order valence-electron chi connectivity index (χ1n) is 12.6. The Hall–Kier alpha value is -3.12. The zero-order valence-corrected chi connectivity index (χ0v) is 22.5. The third-order valence-electron chi connectivity index (χ3n) is 6.11. The smallest absolute Gasteiger partial charge is 0.305 e. The SMILES string of the molecule is Cc1cc(OCCCCCc2ccc(C(=O)NCCC(=O)O)s2)ccc1-c1ccc(C(C)(C)C)cc1. The fourth-order valence-electron chi connectivity index (χ4n) is 3.97. The monoisotopic (exact) mass is 507 g/mol. The third-order valence-corrected chi connectivity index (χ3v) is 7.25. The lowest BCUT2D eigenvalue weighted by Crippen LogP contribution is -2.25. The molecule has 2 aromatic carbocycles. The van der Waals surface area contributed by atoms with Gasteiger partial charge in [0.05, 0.1) is 17.9 Å². The molecule has 1 aromatic heterocycles. The van der Waals surface area contributed by atoms with Crippen molar-refractivity contribution in [1.29, 1.82) is 0 Å². The number of carbonyl (C=O) groups excluding carboxylic acids is 1. The second-order valence-electron chi connectivity index (χ2n) is 10.1. The Balaban J connectivity index is 1.38. The molecule has 0 spiro atoms. The first-order chi connectivity index (χ1) is 17.1. The summed E-state index contributed by atoms with van der Waals surface area (Å²) in [5, 5.41) is 11.3. The van der Waals surface area contributed by atoms with Crippen LogP contribution in [0.2, 0.25) is 0 Å². The lowest BCUT2D eigenvalue weighted by molar-refractivity contribution is -0.136. The van der Waals surface area contributed by atoms with Crippen molar-refractivity contribution in [3.05, 3.63) is 75.5 Å². The highest BCUT2D eigenvalue weighted by Crippen LogP contribution is 2.30. The highest BCUT2D eigenvalue weighted by molar-refractivity contribution is 7.14. The minimum absolute atomic E-state index is 0.0682. The van der Waals surface area contributed by atoms with E-state index in [9.17, 15) is 9.59 Å². The maximum Gasteiger partial charge on any atom is 0.305 e. The number of aliphatic carboxylic acids is 1. The van der Waals surface area contributed by atoms with Gasteiger partial charge in [0.25, 0.3) is 5.91 Å². The van der Waals surface area contributed by atoms with E-state index in [1.807, 2.05) is 12.1 Å². The predicted molar refractivity (Wildman–Crippen MR) is 147 cm³/mol. The van der Waals surface area contributed by atoms with Gasteiger partial charge in [-0.1, -0.05) is 51.1 Å². The molecular formula is C30H37NO4S.